The second-order valence-electron chi connectivity index (χ2n) is 2.12. The summed E-state index contributed by atoms with van der Waals surface area (Å²) in [5, 5.41) is 29.3. The smallest absolute Gasteiger partial charge is 0.357 e. The van der Waals surface area contributed by atoms with Crippen molar-refractivity contribution in [3.8, 4) is 0 Å². The molecule has 0 amide bonds. The summed E-state index contributed by atoms with van der Waals surface area (Å²) in [5.41, 5.74) is -1.22. The predicted molar refractivity (Wildman–Crippen MR) is 40.4 cm³/mol. The van der Waals surface area contributed by atoms with Gasteiger partial charge >= 0.3 is 11.9 Å². The van der Waals surface area contributed by atoms with Crippen LogP contribution in [0.25, 0.3) is 0 Å². The first kappa shape index (κ1) is 8.91. The van der Waals surface area contributed by atoms with Crippen LogP contribution in [0.2, 0.25) is 0 Å². The van der Waals surface area contributed by atoms with Crippen molar-refractivity contribution in [2.45, 2.75) is 0 Å². The van der Waals surface area contributed by atoms with Crippen LogP contribution in [0.4, 0.5) is 0 Å². The average molecular weight is 183 g/mol. The van der Waals surface area contributed by atoms with E-state index in [9.17, 15) is 9.59 Å². The van der Waals surface area contributed by atoms with Gasteiger partial charge in [0.05, 0.1) is 5.69 Å². The Morgan fingerprint density at radius 3 is 2.38 bits per heavy atom. The van der Waals surface area contributed by atoms with Crippen molar-refractivity contribution < 1.29 is 19.8 Å². The molecule has 1 aromatic rings. The fourth-order valence-corrected chi connectivity index (χ4v) is 0.831. The largest absolute Gasteiger partial charge is 0.478 e. The van der Waals surface area contributed by atoms with Crippen LogP contribution >= 0.6 is 0 Å². The maximum Gasteiger partial charge on any atom is 0.357 e. The number of aromatic nitrogens is 2. The Morgan fingerprint density at radius 2 is 2.00 bits per heavy atom. The molecular formula is C6H5N3O4. The minimum absolute atomic E-state index is 0.134. The fraction of sp³-hybridized carbons (Fsp3) is 0. The van der Waals surface area contributed by atoms with Gasteiger partial charge in [-0.05, 0) is 0 Å². The minimum atomic E-state index is -1.44. The Morgan fingerprint density at radius 1 is 1.38 bits per heavy atom. The Labute approximate surface area is 71.5 Å². The molecule has 7 nitrogen and oxygen atoms in total. The number of nitrogens with zero attached hydrogens (tertiary/aromatic N) is 1. The number of H-pyrrole nitrogens is 1. The normalized spacial score (nSPS) is 9.54. The van der Waals surface area contributed by atoms with Gasteiger partial charge in [0, 0.05) is 6.21 Å². The van der Waals surface area contributed by atoms with Crippen LogP contribution in [-0.4, -0.2) is 38.6 Å². The second-order valence-corrected chi connectivity index (χ2v) is 2.12. The van der Waals surface area contributed by atoms with Crippen molar-refractivity contribution in [3.05, 3.63) is 17.0 Å². The van der Waals surface area contributed by atoms with Crippen LogP contribution < -0.4 is 0 Å². The molecule has 0 atom stereocenters. The number of hydrogen-bond donors (Lipinski definition) is 4. The summed E-state index contributed by atoms with van der Waals surface area (Å²) in [6.07, 6.45) is 0.697. The van der Waals surface area contributed by atoms with Gasteiger partial charge in [0.15, 0.2) is 5.69 Å². The molecule has 0 saturated carbocycles. The number of aromatic amines is 1. The Balaban J connectivity index is 3.38. The first-order valence-electron chi connectivity index (χ1n) is 3.13. The van der Waals surface area contributed by atoms with Gasteiger partial charge in [-0.2, -0.15) is 5.10 Å². The number of hydrogen-bond acceptors (Lipinski definition) is 4. The highest BCUT2D eigenvalue weighted by molar-refractivity contribution is 6.05. The third-order valence-corrected chi connectivity index (χ3v) is 1.36. The topological polar surface area (TPSA) is 127 Å². The molecule has 0 aliphatic rings. The second kappa shape index (κ2) is 3.05. The summed E-state index contributed by atoms with van der Waals surface area (Å²) in [6, 6.07) is 0. The lowest BCUT2D eigenvalue weighted by atomic mass is 10.2. The van der Waals surface area contributed by atoms with Crippen molar-refractivity contribution in [3.63, 3.8) is 0 Å². The number of carbonyl (C=O) groups is 2. The number of aromatic carboxylic acids is 2. The van der Waals surface area contributed by atoms with Crippen molar-refractivity contribution in [1.82, 2.24) is 10.2 Å². The minimum Gasteiger partial charge on any atom is -0.478 e. The van der Waals surface area contributed by atoms with Gasteiger partial charge in [-0.3, -0.25) is 5.10 Å². The summed E-state index contributed by atoms with van der Waals surface area (Å²) in [5.74, 6) is -2.87. The van der Waals surface area contributed by atoms with Crippen molar-refractivity contribution in [1.29, 1.82) is 5.41 Å². The molecule has 68 valence electrons. The highest BCUT2D eigenvalue weighted by Gasteiger charge is 2.23. The van der Waals surface area contributed by atoms with Crippen molar-refractivity contribution in [2.24, 2.45) is 0 Å². The van der Waals surface area contributed by atoms with Crippen molar-refractivity contribution in [2.75, 3.05) is 0 Å². The molecule has 1 heterocycles. The van der Waals surface area contributed by atoms with Crippen molar-refractivity contribution >= 4 is 18.2 Å². The molecule has 1 rings (SSSR count). The third-order valence-electron chi connectivity index (χ3n) is 1.36. The van der Waals surface area contributed by atoms with Gasteiger partial charge in [-0.15, -0.1) is 0 Å². The molecule has 0 aliphatic heterocycles. The Bertz CT molecular complexity index is 381. The first-order valence-corrected chi connectivity index (χ1v) is 3.13. The van der Waals surface area contributed by atoms with E-state index in [1.807, 2.05) is 0 Å². The molecule has 0 radical (unpaired) electrons. The van der Waals surface area contributed by atoms with Gasteiger partial charge in [0.25, 0.3) is 0 Å². The van der Waals surface area contributed by atoms with E-state index in [0.29, 0.717) is 6.21 Å². The van der Waals surface area contributed by atoms with Gasteiger partial charge in [0.2, 0.25) is 0 Å². The van der Waals surface area contributed by atoms with E-state index < -0.39 is 23.2 Å². The summed E-state index contributed by atoms with van der Waals surface area (Å²) >= 11 is 0. The van der Waals surface area contributed by atoms with Crippen LogP contribution in [0.15, 0.2) is 0 Å². The van der Waals surface area contributed by atoms with E-state index in [-0.39, 0.29) is 5.69 Å². The van der Waals surface area contributed by atoms with Gasteiger partial charge in [-0.25, -0.2) is 9.59 Å². The average Bonchev–Trinajstić information content (AvgIpc) is 2.46. The third kappa shape index (κ3) is 1.39. The van der Waals surface area contributed by atoms with Crippen LogP contribution in [0, 0.1) is 5.41 Å². The molecule has 0 aliphatic carbocycles. The van der Waals surface area contributed by atoms with E-state index in [2.05, 4.69) is 10.2 Å². The zero-order valence-corrected chi connectivity index (χ0v) is 6.24. The lowest BCUT2D eigenvalue weighted by Crippen LogP contribution is -2.07. The number of rotatable bonds is 3. The molecule has 0 aromatic carbocycles. The number of carboxylic acids is 2. The SMILES string of the molecule is N=Cc1[nH]nc(C(=O)O)c1C(=O)O. The van der Waals surface area contributed by atoms with Crippen LogP contribution in [-0.2, 0) is 0 Å². The molecule has 0 fully saturated rings. The zero-order chi connectivity index (χ0) is 10.0. The van der Waals surface area contributed by atoms with E-state index in [4.69, 9.17) is 15.6 Å². The molecule has 7 heteroatoms. The molecule has 4 N–H and O–H groups in total. The number of carboxylic acid groups (broad SMARTS) is 2. The molecule has 0 saturated heterocycles. The molecule has 0 unspecified atom stereocenters. The fourth-order valence-electron chi connectivity index (χ4n) is 0.831. The van der Waals surface area contributed by atoms with Gasteiger partial charge in [-0.1, -0.05) is 0 Å². The van der Waals surface area contributed by atoms with E-state index >= 15 is 0 Å². The van der Waals surface area contributed by atoms with Crippen LogP contribution in [0.3, 0.4) is 0 Å². The monoisotopic (exact) mass is 183 g/mol. The highest BCUT2D eigenvalue weighted by atomic mass is 16.4. The maximum absolute atomic E-state index is 10.5. The van der Waals surface area contributed by atoms with E-state index in [1.54, 1.807) is 0 Å². The molecule has 0 spiro atoms. The highest BCUT2D eigenvalue weighted by Crippen LogP contribution is 2.09. The molecule has 1 aromatic heterocycles. The molecule has 0 bridgehead atoms. The summed E-state index contributed by atoms with van der Waals surface area (Å²) < 4.78 is 0. The first-order chi connectivity index (χ1) is 6.07. The quantitative estimate of drug-likeness (QED) is 0.482. The lowest BCUT2D eigenvalue weighted by molar-refractivity contribution is 0.0648. The standard InChI is InChI=1S/C6H5N3O4/c7-1-2-3(5(10)11)4(6(12)13)9-8-2/h1,7H,(H,8,9)(H,10,11)(H,12,13). The van der Waals surface area contributed by atoms with Gasteiger partial charge in [0.1, 0.15) is 5.56 Å². The van der Waals surface area contributed by atoms with Gasteiger partial charge < -0.3 is 15.6 Å². The summed E-state index contributed by atoms with van der Waals surface area (Å²) in [6.45, 7) is 0. The number of nitrogens with one attached hydrogen (secondary N) is 2. The van der Waals surface area contributed by atoms with Crippen LogP contribution in [0.1, 0.15) is 26.5 Å². The Kier molecular flexibility index (Phi) is 2.09. The van der Waals surface area contributed by atoms with E-state index in [1.165, 1.54) is 0 Å². The lowest BCUT2D eigenvalue weighted by Gasteiger charge is -1.91. The summed E-state index contributed by atoms with van der Waals surface area (Å²) in [7, 11) is 0. The predicted octanol–water partition coefficient (Wildman–Crippen LogP) is -0.196. The maximum atomic E-state index is 10.5. The summed E-state index contributed by atoms with van der Waals surface area (Å²) in [4.78, 5) is 21.0. The zero-order valence-electron chi connectivity index (χ0n) is 6.24. The Hall–Kier alpha value is -2.18. The van der Waals surface area contributed by atoms with E-state index in [0.717, 1.165) is 0 Å². The molecular weight excluding hydrogens is 178 g/mol. The molecule has 13 heavy (non-hydrogen) atoms. The van der Waals surface area contributed by atoms with Crippen LogP contribution in [0.5, 0.6) is 0 Å².